The minimum atomic E-state index is -0.283. The molecule has 0 fully saturated rings. The van der Waals surface area contributed by atoms with Crippen LogP contribution in [0.1, 0.15) is 36.5 Å². The topological polar surface area (TPSA) is 26.3 Å². The molecule has 3 heteroatoms. The van der Waals surface area contributed by atoms with Gasteiger partial charge in [0.15, 0.2) is 0 Å². The van der Waals surface area contributed by atoms with Crippen molar-refractivity contribution in [2.75, 3.05) is 0 Å². The minimum absolute atomic E-state index is 0.228. The summed E-state index contributed by atoms with van der Waals surface area (Å²) >= 11 is 0. The Kier molecular flexibility index (Phi) is 6.38. The molecule has 0 aliphatic heterocycles. The molecule has 0 amide bonds. The molecule has 0 bridgehead atoms. The van der Waals surface area contributed by atoms with Crippen LogP contribution < -0.4 is 4.74 Å². The van der Waals surface area contributed by atoms with Crippen LogP contribution in [0.3, 0.4) is 0 Å². The van der Waals surface area contributed by atoms with Gasteiger partial charge in [-0.15, -0.1) is 0 Å². The quantitative estimate of drug-likeness (QED) is 0.353. The Bertz CT molecular complexity index is 958. The lowest BCUT2D eigenvalue weighted by Gasteiger charge is -2.18. The lowest BCUT2D eigenvalue weighted by molar-refractivity contribution is -0.104. The van der Waals surface area contributed by atoms with Crippen molar-refractivity contribution >= 4 is 12.4 Å². The van der Waals surface area contributed by atoms with Crippen LogP contribution in [0.5, 0.6) is 5.75 Å². The Balaban J connectivity index is 2.07. The van der Waals surface area contributed by atoms with Crippen LogP contribution in [0.25, 0.3) is 17.2 Å². The smallest absolute Gasteiger partial charge is 0.142 e. The monoisotopic (exact) mass is 374 g/mol. The van der Waals surface area contributed by atoms with Crippen LogP contribution in [0.2, 0.25) is 0 Å². The number of halogens is 1. The zero-order valence-corrected chi connectivity index (χ0v) is 16.1. The van der Waals surface area contributed by atoms with Crippen molar-refractivity contribution in [1.29, 1.82) is 0 Å². The Morgan fingerprint density at radius 1 is 1.00 bits per heavy atom. The molecule has 0 heterocycles. The summed E-state index contributed by atoms with van der Waals surface area (Å²) in [6.07, 6.45) is 4.05. The molecule has 0 N–H and O–H groups in total. The Morgan fingerprint density at radius 2 is 1.71 bits per heavy atom. The number of allylic oxidation sites excluding steroid dienone is 1. The maximum atomic E-state index is 13.4. The zero-order chi connectivity index (χ0) is 19.9. The Hall–Kier alpha value is -3.20. The largest absolute Gasteiger partial charge is 0.489 e. The normalized spacial score (nSPS) is 11.1. The number of rotatable bonds is 7. The lowest BCUT2D eigenvalue weighted by atomic mass is 9.89. The second-order valence-corrected chi connectivity index (χ2v) is 6.90. The van der Waals surface area contributed by atoms with Gasteiger partial charge in [0.1, 0.15) is 24.5 Å². The van der Waals surface area contributed by atoms with Crippen molar-refractivity contribution in [3.63, 3.8) is 0 Å². The molecule has 0 unspecified atom stereocenters. The van der Waals surface area contributed by atoms with Crippen molar-refractivity contribution < 1.29 is 13.9 Å². The van der Waals surface area contributed by atoms with Crippen LogP contribution in [-0.2, 0) is 11.4 Å². The summed E-state index contributed by atoms with van der Waals surface area (Å²) in [5.41, 5.74) is 4.89. The second kappa shape index (κ2) is 9.14. The van der Waals surface area contributed by atoms with E-state index in [9.17, 15) is 9.18 Å². The number of hydrogen-bond acceptors (Lipinski definition) is 2. The van der Waals surface area contributed by atoms with E-state index in [1.54, 1.807) is 12.1 Å². The molecule has 0 aliphatic carbocycles. The second-order valence-electron chi connectivity index (χ2n) is 6.90. The van der Waals surface area contributed by atoms with Gasteiger partial charge >= 0.3 is 0 Å². The van der Waals surface area contributed by atoms with E-state index in [0.717, 1.165) is 39.9 Å². The van der Waals surface area contributed by atoms with Crippen molar-refractivity contribution in [2.24, 2.45) is 0 Å². The number of aldehydes is 1. The first-order chi connectivity index (χ1) is 13.6. The summed E-state index contributed by atoms with van der Waals surface area (Å²) in [6.45, 7) is 4.66. The summed E-state index contributed by atoms with van der Waals surface area (Å²) < 4.78 is 19.5. The van der Waals surface area contributed by atoms with E-state index in [4.69, 9.17) is 4.74 Å². The van der Waals surface area contributed by atoms with Crippen molar-refractivity contribution in [3.8, 4) is 16.9 Å². The van der Waals surface area contributed by atoms with Gasteiger partial charge in [-0.2, -0.15) is 0 Å². The van der Waals surface area contributed by atoms with Gasteiger partial charge in [-0.05, 0) is 64.1 Å². The highest BCUT2D eigenvalue weighted by atomic mass is 19.1. The van der Waals surface area contributed by atoms with Crippen LogP contribution in [0, 0.1) is 5.82 Å². The summed E-state index contributed by atoms with van der Waals surface area (Å²) in [5, 5.41) is 0. The van der Waals surface area contributed by atoms with Gasteiger partial charge in [0.05, 0.1) is 0 Å². The number of carbonyl (C=O) groups excluding carboxylic acids is 1. The van der Waals surface area contributed by atoms with E-state index in [1.807, 2.05) is 48.5 Å². The third kappa shape index (κ3) is 4.74. The molecule has 0 spiro atoms. The van der Waals surface area contributed by atoms with E-state index in [2.05, 4.69) is 13.8 Å². The SMILES string of the molecule is CC(C)c1cc(OCc2ccccc2)cc(-c2ccc(F)cc2)c1/C=C/C=O. The third-order valence-electron chi connectivity index (χ3n) is 4.55. The molecule has 0 saturated heterocycles. The van der Waals surface area contributed by atoms with Gasteiger partial charge < -0.3 is 4.74 Å². The van der Waals surface area contributed by atoms with E-state index in [1.165, 1.54) is 18.2 Å². The van der Waals surface area contributed by atoms with Crippen LogP contribution in [0.4, 0.5) is 4.39 Å². The molecule has 28 heavy (non-hydrogen) atoms. The van der Waals surface area contributed by atoms with E-state index in [-0.39, 0.29) is 11.7 Å². The van der Waals surface area contributed by atoms with E-state index < -0.39 is 0 Å². The fourth-order valence-electron chi connectivity index (χ4n) is 3.14. The average Bonchev–Trinajstić information content (AvgIpc) is 2.72. The summed E-state index contributed by atoms with van der Waals surface area (Å²) in [5.74, 6) is 0.690. The minimum Gasteiger partial charge on any atom is -0.489 e. The molecule has 3 aromatic rings. The standard InChI is InChI=1S/C25H23FO2/c1-18(2)24-15-22(28-17-19-7-4-3-5-8-19)16-25(23(24)9-6-14-27)20-10-12-21(26)13-11-20/h3-16,18H,17H2,1-2H3/b9-6+. The number of carbonyl (C=O) groups is 1. The van der Waals surface area contributed by atoms with Gasteiger partial charge in [0.2, 0.25) is 0 Å². The first-order valence-corrected chi connectivity index (χ1v) is 9.31. The Morgan fingerprint density at radius 3 is 2.36 bits per heavy atom. The summed E-state index contributed by atoms with van der Waals surface area (Å²) in [6, 6.07) is 20.3. The summed E-state index contributed by atoms with van der Waals surface area (Å²) in [7, 11) is 0. The van der Waals surface area contributed by atoms with Gasteiger partial charge in [-0.25, -0.2) is 4.39 Å². The average molecular weight is 374 g/mol. The van der Waals surface area contributed by atoms with Gasteiger partial charge in [0, 0.05) is 0 Å². The highest BCUT2D eigenvalue weighted by molar-refractivity contribution is 5.83. The van der Waals surface area contributed by atoms with Gasteiger partial charge in [-0.3, -0.25) is 4.79 Å². The fraction of sp³-hybridized carbons (Fsp3) is 0.160. The number of benzene rings is 3. The zero-order valence-electron chi connectivity index (χ0n) is 16.1. The molecule has 2 nitrogen and oxygen atoms in total. The van der Waals surface area contributed by atoms with E-state index >= 15 is 0 Å². The predicted octanol–water partition coefficient (Wildman–Crippen LogP) is 6.41. The number of ether oxygens (including phenoxy) is 1. The highest BCUT2D eigenvalue weighted by Crippen LogP contribution is 2.36. The number of hydrogen-bond donors (Lipinski definition) is 0. The van der Waals surface area contributed by atoms with Crippen LogP contribution in [0.15, 0.2) is 72.8 Å². The molecule has 3 aromatic carbocycles. The molecule has 0 aliphatic rings. The fourth-order valence-corrected chi connectivity index (χ4v) is 3.14. The Labute approximate surface area is 165 Å². The third-order valence-corrected chi connectivity index (χ3v) is 4.55. The van der Waals surface area contributed by atoms with Gasteiger partial charge in [0.25, 0.3) is 0 Å². The first kappa shape index (κ1) is 19.6. The van der Waals surface area contributed by atoms with Crippen LogP contribution in [-0.4, -0.2) is 6.29 Å². The lowest BCUT2D eigenvalue weighted by Crippen LogP contribution is -2.00. The molecule has 142 valence electrons. The maximum Gasteiger partial charge on any atom is 0.142 e. The molecule has 0 radical (unpaired) electrons. The van der Waals surface area contributed by atoms with Crippen LogP contribution >= 0.6 is 0 Å². The highest BCUT2D eigenvalue weighted by Gasteiger charge is 2.14. The molecular formula is C25H23FO2. The molecule has 0 atom stereocenters. The first-order valence-electron chi connectivity index (χ1n) is 9.31. The predicted molar refractivity (Wildman–Crippen MR) is 112 cm³/mol. The molecular weight excluding hydrogens is 351 g/mol. The molecule has 0 aromatic heterocycles. The summed E-state index contributed by atoms with van der Waals surface area (Å²) in [4.78, 5) is 10.9. The van der Waals surface area contributed by atoms with Crippen molar-refractivity contribution in [2.45, 2.75) is 26.4 Å². The van der Waals surface area contributed by atoms with Gasteiger partial charge in [-0.1, -0.05) is 62.4 Å². The van der Waals surface area contributed by atoms with Crippen molar-refractivity contribution in [1.82, 2.24) is 0 Å². The maximum absolute atomic E-state index is 13.4. The van der Waals surface area contributed by atoms with Crippen molar-refractivity contribution in [3.05, 3.63) is 95.3 Å². The van der Waals surface area contributed by atoms with E-state index in [0.29, 0.717) is 6.61 Å². The molecule has 3 rings (SSSR count). The molecule has 0 saturated carbocycles.